The zero-order valence-electron chi connectivity index (χ0n) is 10.9. The van der Waals surface area contributed by atoms with E-state index in [1.807, 2.05) is 0 Å². The second kappa shape index (κ2) is 6.01. The normalized spacial score (nSPS) is 25.2. The van der Waals surface area contributed by atoms with E-state index in [2.05, 4.69) is 17.2 Å². The summed E-state index contributed by atoms with van der Waals surface area (Å²) in [4.78, 5) is 25.7. The third-order valence-corrected chi connectivity index (χ3v) is 3.74. The molecule has 0 aromatic carbocycles. The molecule has 0 bridgehead atoms. The van der Waals surface area contributed by atoms with E-state index in [1.165, 1.54) is 11.3 Å². The molecule has 2 amide bonds. The van der Waals surface area contributed by atoms with Crippen molar-refractivity contribution in [1.29, 1.82) is 0 Å². The standard InChI is InChI=1S/C14H20N2O2/c1-2-3-9-15-12-10-13(17)16(14(12)18)11-7-5-4-6-8-11/h11-12,15H,4-10H2,1H3. The van der Waals surface area contributed by atoms with Crippen LogP contribution < -0.4 is 5.32 Å². The summed E-state index contributed by atoms with van der Waals surface area (Å²) in [5, 5.41) is 3.05. The lowest BCUT2D eigenvalue weighted by molar-refractivity contribution is -0.142. The van der Waals surface area contributed by atoms with Gasteiger partial charge in [-0.2, -0.15) is 0 Å². The number of amides is 2. The number of imide groups is 1. The minimum absolute atomic E-state index is 0.0196. The fraction of sp³-hybridized carbons (Fsp3) is 0.714. The van der Waals surface area contributed by atoms with E-state index in [-0.39, 0.29) is 23.9 Å². The molecule has 98 valence electrons. The second-order valence-electron chi connectivity index (χ2n) is 4.96. The van der Waals surface area contributed by atoms with Crippen molar-refractivity contribution in [2.24, 2.45) is 0 Å². The molecule has 0 spiro atoms. The van der Waals surface area contributed by atoms with Crippen molar-refractivity contribution in [1.82, 2.24) is 10.2 Å². The Bertz CT molecular complexity index is 388. The van der Waals surface area contributed by atoms with E-state index in [4.69, 9.17) is 0 Å². The average molecular weight is 248 g/mol. The Morgan fingerprint density at radius 3 is 2.67 bits per heavy atom. The van der Waals surface area contributed by atoms with Crippen LogP contribution in [0.15, 0.2) is 0 Å². The molecule has 4 heteroatoms. The highest BCUT2D eigenvalue weighted by molar-refractivity contribution is 6.05. The van der Waals surface area contributed by atoms with Crippen molar-refractivity contribution in [2.45, 2.75) is 57.5 Å². The highest BCUT2D eigenvalue weighted by Gasteiger charge is 2.41. The van der Waals surface area contributed by atoms with Crippen LogP contribution in [0, 0.1) is 11.8 Å². The molecular weight excluding hydrogens is 228 g/mol. The van der Waals surface area contributed by atoms with Gasteiger partial charge in [0.15, 0.2) is 0 Å². The summed E-state index contributed by atoms with van der Waals surface area (Å²) in [6.07, 6.45) is 5.71. The summed E-state index contributed by atoms with van der Waals surface area (Å²) in [6, 6.07) is -0.219. The van der Waals surface area contributed by atoms with Gasteiger partial charge in [0, 0.05) is 6.04 Å². The molecule has 2 fully saturated rings. The molecule has 2 rings (SSSR count). The number of hydrogen-bond donors (Lipinski definition) is 1. The third kappa shape index (κ3) is 2.73. The Balaban J connectivity index is 1.96. The number of carbonyl (C=O) groups excluding carboxylic acids is 2. The van der Waals surface area contributed by atoms with Crippen LogP contribution in [0.3, 0.4) is 0 Å². The van der Waals surface area contributed by atoms with E-state index in [9.17, 15) is 9.59 Å². The van der Waals surface area contributed by atoms with Crippen molar-refractivity contribution in [3.8, 4) is 11.8 Å². The zero-order chi connectivity index (χ0) is 13.0. The van der Waals surface area contributed by atoms with E-state index in [1.54, 1.807) is 6.92 Å². The molecule has 1 atom stereocenters. The Labute approximate surface area is 108 Å². The van der Waals surface area contributed by atoms with Gasteiger partial charge in [-0.1, -0.05) is 25.2 Å². The monoisotopic (exact) mass is 248 g/mol. The van der Waals surface area contributed by atoms with Crippen LogP contribution in [0.25, 0.3) is 0 Å². The van der Waals surface area contributed by atoms with Crippen molar-refractivity contribution < 1.29 is 9.59 Å². The summed E-state index contributed by atoms with van der Waals surface area (Å²) in [6.45, 7) is 2.23. The molecular formula is C14H20N2O2. The molecule has 0 aromatic heterocycles. The fourth-order valence-corrected chi connectivity index (χ4v) is 2.80. The highest BCUT2D eigenvalue weighted by atomic mass is 16.2. The molecule has 1 N–H and O–H groups in total. The van der Waals surface area contributed by atoms with Crippen molar-refractivity contribution in [3.63, 3.8) is 0 Å². The molecule has 1 saturated heterocycles. The van der Waals surface area contributed by atoms with Crippen LogP contribution in [0.5, 0.6) is 0 Å². The number of nitrogens with zero attached hydrogens (tertiary/aromatic N) is 1. The fourth-order valence-electron chi connectivity index (χ4n) is 2.80. The topological polar surface area (TPSA) is 49.4 Å². The number of rotatable bonds is 3. The molecule has 1 aliphatic carbocycles. The van der Waals surface area contributed by atoms with Crippen LogP contribution in [0.1, 0.15) is 45.4 Å². The SMILES string of the molecule is CC#CCNC1CC(=O)N(C2CCCCC2)C1=O. The van der Waals surface area contributed by atoms with Crippen LogP contribution >= 0.6 is 0 Å². The average Bonchev–Trinajstić information content (AvgIpc) is 2.66. The smallest absolute Gasteiger partial charge is 0.247 e. The van der Waals surface area contributed by atoms with Gasteiger partial charge in [-0.15, -0.1) is 5.92 Å². The van der Waals surface area contributed by atoms with Gasteiger partial charge in [-0.05, 0) is 19.8 Å². The summed E-state index contributed by atoms with van der Waals surface area (Å²) >= 11 is 0. The molecule has 2 aliphatic rings. The van der Waals surface area contributed by atoms with Crippen LogP contribution in [-0.4, -0.2) is 35.3 Å². The minimum atomic E-state index is -0.361. The number of hydrogen-bond acceptors (Lipinski definition) is 3. The van der Waals surface area contributed by atoms with Crippen molar-refractivity contribution in [3.05, 3.63) is 0 Å². The van der Waals surface area contributed by atoms with Gasteiger partial charge >= 0.3 is 0 Å². The van der Waals surface area contributed by atoms with Gasteiger partial charge in [0.1, 0.15) is 0 Å². The highest BCUT2D eigenvalue weighted by Crippen LogP contribution is 2.27. The Kier molecular flexibility index (Phi) is 4.38. The lowest BCUT2D eigenvalue weighted by atomic mass is 9.94. The molecule has 4 nitrogen and oxygen atoms in total. The quantitative estimate of drug-likeness (QED) is 0.600. The Morgan fingerprint density at radius 1 is 1.28 bits per heavy atom. The van der Waals surface area contributed by atoms with Gasteiger partial charge in [0.25, 0.3) is 0 Å². The third-order valence-electron chi connectivity index (χ3n) is 3.74. The van der Waals surface area contributed by atoms with Crippen LogP contribution in [0.2, 0.25) is 0 Å². The first-order valence-corrected chi connectivity index (χ1v) is 6.73. The first-order chi connectivity index (χ1) is 8.74. The van der Waals surface area contributed by atoms with Crippen molar-refractivity contribution >= 4 is 11.8 Å². The number of carbonyl (C=O) groups is 2. The van der Waals surface area contributed by atoms with E-state index < -0.39 is 0 Å². The van der Waals surface area contributed by atoms with E-state index >= 15 is 0 Å². The first-order valence-electron chi connectivity index (χ1n) is 6.73. The van der Waals surface area contributed by atoms with Gasteiger partial charge < -0.3 is 0 Å². The molecule has 1 aliphatic heterocycles. The minimum Gasteiger partial charge on any atom is -0.295 e. The molecule has 18 heavy (non-hydrogen) atoms. The van der Waals surface area contributed by atoms with E-state index in [0.29, 0.717) is 13.0 Å². The second-order valence-corrected chi connectivity index (χ2v) is 4.96. The predicted molar refractivity (Wildman–Crippen MR) is 68.6 cm³/mol. The van der Waals surface area contributed by atoms with Gasteiger partial charge in [-0.3, -0.25) is 19.8 Å². The van der Waals surface area contributed by atoms with Gasteiger partial charge in [0.05, 0.1) is 19.0 Å². The van der Waals surface area contributed by atoms with Gasteiger partial charge in [-0.25, -0.2) is 0 Å². The lowest BCUT2D eigenvalue weighted by Gasteiger charge is -2.29. The largest absolute Gasteiger partial charge is 0.295 e. The van der Waals surface area contributed by atoms with E-state index in [0.717, 1.165) is 25.7 Å². The maximum atomic E-state index is 12.2. The maximum Gasteiger partial charge on any atom is 0.247 e. The first kappa shape index (κ1) is 13.1. The molecule has 1 unspecified atom stereocenters. The maximum absolute atomic E-state index is 12.2. The molecule has 1 heterocycles. The summed E-state index contributed by atoms with van der Waals surface area (Å²) in [5.41, 5.74) is 0. The number of likely N-dealkylation sites (tertiary alicyclic amines) is 1. The zero-order valence-corrected chi connectivity index (χ0v) is 10.9. The van der Waals surface area contributed by atoms with Gasteiger partial charge in [0.2, 0.25) is 11.8 Å². The Morgan fingerprint density at radius 2 is 2.00 bits per heavy atom. The summed E-state index contributed by atoms with van der Waals surface area (Å²) < 4.78 is 0. The lowest BCUT2D eigenvalue weighted by Crippen LogP contribution is -2.44. The molecule has 1 saturated carbocycles. The number of nitrogens with one attached hydrogen (secondary N) is 1. The molecule has 0 aromatic rings. The summed E-state index contributed by atoms with van der Waals surface area (Å²) in [7, 11) is 0. The van der Waals surface area contributed by atoms with Crippen molar-refractivity contribution in [2.75, 3.05) is 6.54 Å². The van der Waals surface area contributed by atoms with Crippen LogP contribution in [0.4, 0.5) is 0 Å². The Hall–Kier alpha value is -1.34. The van der Waals surface area contributed by atoms with Crippen LogP contribution in [-0.2, 0) is 9.59 Å². The predicted octanol–water partition coefficient (Wildman–Crippen LogP) is 1.06. The molecule has 0 radical (unpaired) electrons. The summed E-state index contributed by atoms with van der Waals surface area (Å²) in [5.74, 6) is 5.56.